The topological polar surface area (TPSA) is 118 Å². The van der Waals surface area contributed by atoms with E-state index < -0.39 is 43.3 Å². The molecule has 2 heterocycles. The van der Waals surface area contributed by atoms with Gasteiger partial charge in [0.05, 0.1) is 11.8 Å². The van der Waals surface area contributed by atoms with Crippen LogP contribution in [0.15, 0.2) is 24.6 Å². The molecule has 3 N–H and O–H groups in total. The third kappa shape index (κ3) is 3.16. The lowest BCUT2D eigenvalue weighted by Gasteiger charge is -2.32. The molecule has 5 atom stereocenters. The fraction of sp³-hybridized carbons (Fsp3) is 0.667. The van der Waals surface area contributed by atoms with E-state index in [0.717, 1.165) is 0 Å². The van der Waals surface area contributed by atoms with Crippen LogP contribution in [0.1, 0.15) is 20.3 Å². The molecule has 10 heteroatoms. The van der Waals surface area contributed by atoms with Crippen LogP contribution in [0.2, 0.25) is 0 Å². The van der Waals surface area contributed by atoms with E-state index in [1.165, 1.54) is 18.2 Å². The zero-order chi connectivity index (χ0) is 18.6. The SMILES string of the molecule is C=C1C=CN([C@@H]2O[C@@]3(CC3P(=O)(O)O)[C@@H](OC(C)C)[C@H]2OC)C(=O)N1. The quantitative estimate of drug-likeness (QED) is 0.612. The maximum absolute atomic E-state index is 12.3. The largest absolute Gasteiger partial charge is 0.374 e. The van der Waals surface area contributed by atoms with Gasteiger partial charge in [-0.3, -0.25) is 9.46 Å². The van der Waals surface area contributed by atoms with Crippen molar-refractivity contribution in [2.75, 3.05) is 7.11 Å². The van der Waals surface area contributed by atoms with Crippen LogP contribution in [0.25, 0.3) is 0 Å². The second-order valence-electron chi connectivity index (χ2n) is 6.76. The van der Waals surface area contributed by atoms with Gasteiger partial charge in [0.15, 0.2) is 6.23 Å². The number of methoxy groups -OCH3 is 1. The molecule has 1 aliphatic carbocycles. The zero-order valence-corrected chi connectivity index (χ0v) is 15.2. The predicted octanol–water partition coefficient (Wildman–Crippen LogP) is 0.893. The minimum Gasteiger partial charge on any atom is -0.374 e. The number of ether oxygens (including phenoxy) is 3. The molecule has 3 rings (SSSR count). The third-order valence-corrected chi connectivity index (χ3v) is 6.06. The Morgan fingerprint density at radius 1 is 1.52 bits per heavy atom. The molecule has 0 radical (unpaired) electrons. The molecule has 1 spiro atoms. The van der Waals surface area contributed by atoms with Crippen LogP contribution in [0.4, 0.5) is 4.79 Å². The van der Waals surface area contributed by atoms with Gasteiger partial charge in [0.25, 0.3) is 0 Å². The Balaban J connectivity index is 1.93. The molecular formula is C15H23N2O7P. The van der Waals surface area contributed by atoms with E-state index in [1.807, 2.05) is 13.8 Å². The fourth-order valence-corrected chi connectivity index (χ4v) is 4.79. The summed E-state index contributed by atoms with van der Waals surface area (Å²) in [4.78, 5) is 32.7. The maximum Gasteiger partial charge on any atom is 0.331 e. The first-order valence-corrected chi connectivity index (χ1v) is 9.66. The van der Waals surface area contributed by atoms with Gasteiger partial charge in [-0.05, 0) is 26.3 Å². The van der Waals surface area contributed by atoms with E-state index in [9.17, 15) is 19.1 Å². The molecule has 25 heavy (non-hydrogen) atoms. The highest BCUT2D eigenvalue weighted by Gasteiger charge is 2.75. The summed E-state index contributed by atoms with van der Waals surface area (Å²) in [5.41, 5.74) is -1.70. The number of nitrogens with one attached hydrogen (secondary N) is 1. The van der Waals surface area contributed by atoms with Gasteiger partial charge in [0, 0.05) is 19.0 Å². The molecule has 0 aromatic carbocycles. The summed E-state index contributed by atoms with van der Waals surface area (Å²) >= 11 is 0. The first-order valence-electron chi connectivity index (χ1n) is 7.98. The number of carbonyl (C=O) groups excluding carboxylic acids is 1. The Morgan fingerprint density at radius 2 is 2.20 bits per heavy atom. The second kappa shape index (κ2) is 6.19. The minimum atomic E-state index is -4.36. The molecule has 0 bridgehead atoms. The number of nitrogens with zero attached hydrogens (tertiary/aromatic N) is 1. The van der Waals surface area contributed by atoms with Gasteiger partial charge in [0.2, 0.25) is 0 Å². The normalized spacial score (nSPS) is 37.9. The number of hydrogen-bond donors (Lipinski definition) is 3. The fourth-order valence-electron chi connectivity index (χ4n) is 3.49. The monoisotopic (exact) mass is 374 g/mol. The van der Waals surface area contributed by atoms with Crippen molar-refractivity contribution >= 4 is 13.6 Å². The predicted molar refractivity (Wildman–Crippen MR) is 87.5 cm³/mol. The van der Waals surface area contributed by atoms with Gasteiger partial charge in [-0.1, -0.05) is 6.58 Å². The van der Waals surface area contributed by atoms with Crippen LogP contribution in [0.5, 0.6) is 0 Å². The van der Waals surface area contributed by atoms with Crippen molar-refractivity contribution in [2.45, 2.75) is 56.1 Å². The van der Waals surface area contributed by atoms with Crippen LogP contribution in [0, 0.1) is 0 Å². The van der Waals surface area contributed by atoms with Crippen molar-refractivity contribution in [2.24, 2.45) is 0 Å². The average Bonchev–Trinajstić information content (AvgIpc) is 3.14. The van der Waals surface area contributed by atoms with Gasteiger partial charge in [-0.25, -0.2) is 4.79 Å². The van der Waals surface area contributed by atoms with Gasteiger partial charge in [-0.15, -0.1) is 0 Å². The first kappa shape index (κ1) is 18.6. The van der Waals surface area contributed by atoms with Crippen LogP contribution in [0.3, 0.4) is 0 Å². The number of allylic oxidation sites excluding steroid dienone is 1. The summed E-state index contributed by atoms with van der Waals surface area (Å²) in [6, 6.07) is -0.451. The first-order chi connectivity index (χ1) is 11.6. The van der Waals surface area contributed by atoms with Crippen molar-refractivity contribution in [3.8, 4) is 0 Å². The molecule has 3 aliphatic rings. The minimum absolute atomic E-state index is 0.150. The van der Waals surface area contributed by atoms with Crippen LogP contribution < -0.4 is 5.32 Å². The van der Waals surface area contributed by atoms with Crippen LogP contribution in [-0.4, -0.2) is 63.6 Å². The smallest absolute Gasteiger partial charge is 0.331 e. The molecule has 2 fully saturated rings. The Labute approximate surface area is 145 Å². The molecule has 140 valence electrons. The lowest BCUT2D eigenvalue weighted by atomic mass is 10.1. The average molecular weight is 374 g/mol. The number of rotatable bonds is 5. The Kier molecular flexibility index (Phi) is 4.60. The van der Waals surface area contributed by atoms with E-state index >= 15 is 0 Å². The lowest BCUT2D eigenvalue weighted by Crippen LogP contribution is -2.50. The maximum atomic E-state index is 12.3. The third-order valence-electron chi connectivity index (χ3n) is 4.63. The van der Waals surface area contributed by atoms with E-state index in [-0.39, 0.29) is 12.5 Å². The van der Waals surface area contributed by atoms with Crippen LogP contribution in [-0.2, 0) is 18.8 Å². The summed E-state index contributed by atoms with van der Waals surface area (Å²) in [7, 11) is -2.91. The van der Waals surface area contributed by atoms with Crippen molar-refractivity contribution in [3.05, 3.63) is 24.6 Å². The van der Waals surface area contributed by atoms with E-state index in [2.05, 4.69) is 11.9 Å². The van der Waals surface area contributed by atoms with Crippen molar-refractivity contribution in [3.63, 3.8) is 0 Å². The number of urea groups is 1. The molecular weight excluding hydrogens is 351 g/mol. The Bertz CT molecular complexity index is 660. The van der Waals surface area contributed by atoms with Crippen molar-refractivity contribution in [1.29, 1.82) is 0 Å². The Hall–Kier alpha value is -1.22. The number of carbonyl (C=O) groups is 1. The molecule has 1 saturated heterocycles. The summed E-state index contributed by atoms with van der Waals surface area (Å²) in [6.07, 6.45) is 0.802. The molecule has 2 amide bonds. The molecule has 2 aliphatic heterocycles. The van der Waals surface area contributed by atoms with E-state index in [0.29, 0.717) is 5.70 Å². The highest BCUT2D eigenvalue weighted by molar-refractivity contribution is 7.53. The van der Waals surface area contributed by atoms with E-state index in [4.69, 9.17) is 14.2 Å². The summed E-state index contributed by atoms with van der Waals surface area (Å²) in [5, 5.41) is 2.57. The van der Waals surface area contributed by atoms with Crippen LogP contribution >= 0.6 is 7.60 Å². The molecule has 0 aromatic rings. The van der Waals surface area contributed by atoms with Gasteiger partial charge < -0.3 is 29.3 Å². The molecule has 9 nitrogen and oxygen atoms in total. The van der Waals surface area contributed by atoms with Gasteiger partial charge in [-0.2, -0.15) is 0 Å². The van der Waals surface area contributed by atoms with Crippen molar-refractivity contribution in [1.82, 2.24) is 10.2 Å². The lowest BCUT2D eigenvalue weighted by molar-refractivity contribution is -0.0839. The zero-order valence-electron chi connectivity index (χ0n) is 14.3. The number of amides is 2. The Morgan fingerprint density at radius 3 is 2.68 bits per heavy atom. The summed E-state index contributed by atoms with van der Waals surface area (Å²) < 4.78 is 29.2. The van der Waals surface area contributed by atoms with Gasteiger partial charge >= 0.3 is 13.6 Å². The second-order valence-corrected chi connectivity index (χ2v) is 8.56. The van der Waals surface area contributed by atoms with E-state index in [1.54, 1.807) is 6.08 Å². The van der Waals surface area contributed by atoms with Gasteiger partial charge in [0.1, 0.15) is 17.8 Å². The standard InChI is InChI=1S/C15H23N2O7P/c1-8(2)23-12-11(22-4)13(17-6-5-9(3)16-14(17)18)24-15(12)7-10(15)25(19,20)21/h5-6,8,10-13H,3,7H2,1-2,4H3,(H,16,18)(H2,19,20,21)/t10?,11-,12+,13-,15-/m1/s1. The number of hydrogen-bond acceptors (Lipinski definition) is 5. The molecule has 1 unspecified atom stereocenters. The van der Waals surface area contributed by atoms with Crippen molar-refractivity contribution < 1.29 is 33.4 Å². The summed E-state index contributed by atoms with van der Waals surface area (Å²) in [5.74, 6) is 0. The highest BCUT2D eigenvalue weighted by Crippen LogP contribution is 2.67. The molecule has 0 aromatic heterocycles. The highest BCUT2D eigenvalue weighted by atomic mass is 31.2. The molecule has 1 saturated carbocycles. The summed E-state index contributed by atoms with van der Waals surface area (Å²) in [6.45, 7) is 7.30.